The van der Waals surface area contributed by atoms with Gasteiger partial charge in [-0.15, -0.1) is 0 Å². The van der Waals surface area contributed by atoms with Gasteiger partial charge in [0.25, 0.3) is 0 Å². The summed E-state index contributed by atoms with van der Waals surface area (Å²) in [7, 11) is -2.59. The lowest BCUT2D eigenvalue weighted by Crippen LogP contribution is -2.43. The molecule has 0 fully saturated rings. The Morgan fingerprint density at radius 1 is 0.708 bits per heavy atom. The Balaban J connectivity index is 0.000000364. The predicted octanol–water partition coefficient (Wildman–Crippen LogP) is 7.34. The van der Waals surface area contributed by atoms with Crippen molar-refractivity contribution in [1.82, 2.24) is 0 Å². The van der Waals surface area contributed by atoms with Gasteiger partial charge in [-0.25, -0.2) is 0 Å². The SMILES string of the molecule is CC1C=CC=C1.CC1C=CC=C1.CCC[Si](C)(C)O[Si](C)(C)CC. The van der Waals surface area contributed by atoms with Crippen LogP contribution in [0.3, 0.4) is 0 Å². The molecule has 3 heteroatoms. The van der Waals surface area contributed by atoms with Crippen molar-refractivity contribution in [1.29, 1.82) is 0 Å². The van der Waals surface area contributed by atoms with Crippen molar-refractivity contribution in [3.05, 3.63) is 48.6 Å². The fourth-order valence-electron chi connectivity index (χ4n) is 2.56. The molecule has 0 aromatic heterocycles. The van der Waals surface area contributed by atoms with E-state index in [-0.39, 0.29) is 0 Å². The second kappa shape index (κ2) is 11.8. The van der Waals surface area contributed by atoms with E-state index < -0.39 is 16.6 Å². The Kier molecular flexibility index (Phi) is 11.5. The van der Waals surface area contributed by atoms with Crippen LogP contribution in [0.2, 0.25) is 38.3 Å². The molecule has 0 heterocycles. The molecule has 0 radical (unpaired) electrons. The summed E-state index contributed by atoms with van der Waals surface area (Å²) < 4.78 is 6.29. The smallest absolute Gasteiger partial charge is 0.173 e. The highest BCUT2D eigenvalue weighted by atomic mass is 28.4. The summed E-state index contributed by atoms with van der Waals surface area (Å²) in [5.41, 5.74) is 0. The van der Waals surface area contributed by atoms with Gasteiger partial charge >= 0.3 is 0 Å². The molecule has 0 saturated heterocycles. The van der Waals surface area contributed by atoms with Crippen LogP contribution in [0.1, 0.15) is 34.1 Å². The van der Waals surface area contributed by atoms with Gasteiger partial charge in [-0.2, -0.15) is 0 Å². The number of rotatable bonds is 5. The second-order valence-electron chi connectivity index (χ2n) is 7.98. The minimum Gasteiger partial charge on any atom is -0.456 e. The maximum atomic E-state index is 6.29. The normalized spacial score (nSPS) is 16.8. The number of hydrogen-bond acceptors (Lipinski definition) is 1. The van der Waals surface area contributed by atoms with Crippen LogP contribution in [0.25, 0.3) is 0 Å². The maximum absolute atomic E-state index is 6.29. The molecular formula is C21H40OSi2. The van der Waals surface area contributed by atoms with E-state index in [1.165, 1.54) is 18.5 Å². The average Bonchev–Trinajstić information content (AvgIpc) is 3.12. The average molecular weight is 365 g/mol. The third-order valence-electron chi connectivity index (χ3n) is 4.14. The van der Waals surface area contributed by atoms with Gasteiger partial charge in [-0.1, -0.05) is 82.7 Å². The van der Waals surface area contributed by atoms with Crippen molar-refractivity contribution < 1.29 is 4.12 Å². The molecule has 0 amide bonds. The summed E-state index contributed by atoms with van der Waals surface area (Å²) in [5.74, 6) is 1.37. The molecule has 0 atom stereocenters. The molecular weight excluding hydrogens is 324 g/mol. The van der Waals surface area contributed by atoms with Gasteiger partial charge in [-0.05, 0) is 50.1 Å². The first-order chi connectivity index (χ1) is 11.1. The zero-order chi connectivity index (χ0) is 18.6. The minimum absolute atomic E-state index is 0.685. The highest BCUT2D eigenvalue weighted by Crippen LogP contribution is 2.21. The first-order valence-corrected chi connectivity index (χ1v) is 15.7. The largest absolute Gasteiger partial charge is 0.456 e. The van der Waals surface area contributed by atoms with Crippen molar-refractivity contribution in [2.75, 3.05) is 0 Å². The van der Waals surface area contributed by atoms with Gasteiger partial charge < -0.3 is 4.12 Å². The molecule has 138 valence electrons. The first kappa shape index (κ1) is 23.4. The summed E-state index contributed by atoms with van der Waals surface area (Å²) in [5, 5.41) is 0. The Morgan fingerprint density at radius 3 is 1.29 bits per heavy atom. The highest BCUT2D eigenvalue weighted by Gasteiger charge is 2.30. The van der Waals surface area contributed by atoms with Crippen LogP contribution in [0.15, 0.2) is 48.6 Å². The molecule has 0 spiro atoms. The Labute approximate surface area is 153 Å². The Hall–Kier alpha value is -0.646. The van der Waals surface area contributed by atoms with Gasteiger partial charge in [-0.3, -0.25) is 0 Å². The van der Waals surface area contributed by atoms with Crippen LogP contribution in [0.5, 0.6) is 0 Å². The molecule has 2 aliphatic rings. The van der Waals surface area contributed by atoms with Crippen LogP contribution < -0.4 is 0 Å². The summed E-state index contributed by atoms with van der Waals surface area (Å²) in [6.07, 6.45) is 18.2. The van der Waals surface area contributed by atoms with Gasteiger partial charge in [0.05, 0.1) is 0 Å². The molecule has 0 unspecified atom stereocenters. The maximum Gasteiger partial charge on any atom is 0.173 e. The molecule has 0 bridgehead atoms. The molecule has 0 N–H and O–H groups in total. The molecule has 2 aliphatic carbocycles. The molecule has 2 rings (SSSR count). The lowest BCUT2D eigenvalue weighted by molar-refractivity contribution is 0.538. The predicted molar refractivity (Wildman–Crippen MR) is 117 cm³/mol. The van der Waals surface area contributed by atoms with Crippen LogP contribution in [0.4, 0.5) is 0 Å². The summed E-state index contributed by atoms with van der Waals surface area (Å²) in [4.78, 5) is 0. The molecule has 0 aromatic carbocycles. The Bertz CT molecular complexity index is 395. The van der Waals surface area contributed by atoms with E-state index in [4.69, 9.17) is 4.12 Å². The monoisotopic (exact) mass is 364 g/mol. The fourth-order valence-corrected chi connectivity index (χ4v) is 10.7. The van der Waals surface area contributed by atoms with Gasteiger partial charge in [0.15, 0.2) is 16.6 Å². The standard InChI is InChI=1S/C9H24OSi2.2C6H8/c1-7-9-12(5,6)10-11(3,4)8-2;2*1-6-4-2-3-5-6/h7-9H2,1-6H3;2*2-6H,1H3. The molecule has 1 nitrogen and oxygen atoms in total. The van der Waals surface area contributed by atoms with E-state index in [0.29, 0.717) is 11.8 Å². The lowest BCUT2D eigenvalue weighted by atomic mass is 10.2. The summed E-state index contributed by atoms with van der Waals surface area (Å²) >= 11 is 0. The van der Waals surface area contributed by atoms with Crippen LogP contribution >= 0.6 is 0 Å². The Morgan fingerprint density at radius 2 is 1.08 bits per heavy atom. The minimum atomic E-state index is -1.30. The summed E-state index contributed by atoms with van der Waals surface area (Å²) in [6, 6.07) is 2.55. The van der Waals surface area contributed by atoms with Crippen LogP contribution in [-0.2, 0) is 4.12 Å². The summed E-state index contributed by atoms with van der Waals surface area (Å²) in [6.45, 7) is 18.2. The van der Waals surface area contributed by atoms with Crippen molar-refractivity contribution in [2.45, 2.75) is 72.4 Å². The van der Waals surface area contributed by atoms with Crippen LogP contribution in [-0.4, -0.2) is 16.6 Å². The zero-order valence-electron chi connectivity index (χ0n) is 17.3. The van der Waals surface area contributed by atoms with E-state index >= 15 is 0 Å². The zero-order valence-corrected chi connectivity index (χ0v) is 19.3. The molecule has 0 aromatic rings. The van der Waals surface area contributed by atoms with Crippen LogP contribution in [0, 0.1) is 11.8 Å². The van der Waals surface area contributed by atoms with E-state index in [2.05, 4.69) is 102 Å². The second-order valence-corrected chi connectivity index (χ2v) is 17.0. The molecule has 0 aliphatic heterocycles. The topological polar surface area (TPSA) is 9.23 Å². The van der Waals surface area contributed by atoms with Gasteiger partial charge in [0.1, 0.15) is 0 Å². The molecule has 0 saturated carbocycles. The van der Waals surface area contributed by atoms with E-state index in [1.807, 2.05) is 0 Å². The third-order valence-corrected chi connectivity index (χ3v) is 12.0. The van der Waals surface area contributed by atoms with Crippen molar-refractivity contribution in [3.8, 4) is 0 Å². The van der Waals surface area contributed by atoms with E-state index in [9.17, 15) is 0 Å². The lowest BCUT2D eigenvalue weighted by Gasteiger charge is -2.33. The fraction of sp³-hybridized carbons (Fsp3) is 0.619. The van der Waals surface area contributed by atoms with Crippen molar-refractivity contribution in [3.63, 3.8) is 0 Å². The molecule has 24 heavy (non-hydrogen) atoms. The van der Waals surface area contributed by atoms with Gasteiger partial charge in [0, 0.05) is 0 Å². The third kappa shape index (κ3) is 12.7. The van der Waals surface area contributed by atoms with E-state index in [0.717, 1.165) is 0 Å². The highest BCUT2D eigenvalue weighted by molar-refractivity contribution is 6.84. The quantitative estimate of drug-likeness (QED) is 0.464. The van der Waals surface area contributed by atoms with Gasteiger partial charge in [0.2, 0.25) is 0 Å². The first-order valence-electron chi connectivity index (χ1n) is 9.52. The van der Waals surface area contributed by atoms with Crippen molar-refractivity contribution in [2.24, 2.45) is 11.8 Å². The number of hydrogen-bond donors (Lipinski definition) is 0. The van der Waals surface area contributed by atoms with Crippen molar-refractivity contribution >= 4 is 16.6 Å². The van der Waals surface area contributed by atoms with E-state index in [1.54, 1.807) is 0 Å². The number of allylic oxidation sites excluding steroid dienone is 8.